The van der Waals surface area contributed by atoms with Crippen molar-refractivity contribution in [2.45, 2.75) is 19.6 Å². The Kier molecular flexibility index (Phi) is 18.5. The molecule has 239 valence electrons. The molecule has 0 bridgehead atoms. The maximum atomic E-state index is 11.1. The Bertz CT molecular complexity index is 1190. The molecule has 1 radical (unpaired) electrons. The summed E-state index contributed by atoms with van der Waals surface area (Å²) in [7, 11) is -6.00. The predicted octanol–water partition coefficient (Wildman–Crippen LogP) is -0.435. The molecule has 1 aliphatic rings. The first-order valence-corrected chi connectivity index (χ1v) is 12.8. The molecule has 3 aromatic rings. The quantitative estimate of drug-likeness (QED) is 0.236. The van der Waals surface area contributed by atoms with Gasteiger partial charge in [-0.3, -0.25) is 29.7 Å². The minimum atomic E-state index is -6.00. The van der Waals surface area contributed by atoms with Gasteiger partial charge in [0.05, 0.1) is 28.2 Å². The van der Waals surface area contributed by atoms with Crippen molar-refractivity contribution in [3.05, 3.63) is 89.3 Å². The number of carboxylic acids is 2. The van der Waals surface area contributed by atoms with Crippen molar-refractivity contribution < 1.29 is 72.0 Å². The van der Waals surface area contributed by atoms with Crippen molar-refractivity contribution in [2.75, 3.05) is 39.3 Å². The molecule has 0 atom stereocenters. The number of aromatic carboxylic acids is 2. The van der Waals surface area contributed by atoms with Crippen LogP contribution in [0.25, 0.3) is 0 Å². The van der Waals surface area contributed by atoms with E-state index in [0.29, 0.717) is 13.1 Å². The Labute approximate surface area is 268 Å². The molecule has 1 aliphatic heterocycles. The number of aromatic nitrogens is 3. The summed E-state index contributed by atoms with van der Waals surface area (Å²) >= 11 is 0. The summed E-state index contributed by atoms with van der Waals surface area (Å²) in [5.41, 5.74) is 3.03. The van der Waals surface area contributed by atoms with Crippen molar-refractivity contribution in [2.24, 2.45) is 0 Å². The summed E-state index contributed by atoms with van der Waals surface area (Å²) in [6.07, 6.45) is 4.61. The molecule has 11 nitrogen and oxygen atoms in total. The summed E-state index contributed by atoms with van der Waals surface area (Å²) < 4.78 is 39.0. The number of nitrogens with zero attached hydrogens (tertiary/aromatic N) is 6. The van der Waals surface area contributed by atoms with Crippen LogP contribution in [0.1, 0.15) is 37.8 Å². The van der Waals surface area contributed by atoms with Crippen molar-refractivity contribution in [3.8, 4) is 0 Å². The topological polar surface area (TPSA) is 154 Å². The van der Waals surface area contributed by atoms with Gasteiger partial charge in [0.15, 0.2) is 0 Å². The van der Waals surface area contributed by atoms with Gasteiger partial charge in [-0.2, -0.15) is 0 Å². The van der Waals surface area contributed by atoms with Gasteiger partial charge in [-0.25, -0.2) is 9.59 Å². The van der Waals surface area contributed by atoms with E-state index in [9.17, 15) is 26.9 Å². The van der Waals surface area contributed by atoms with Gasteiger partial charge in [0.1, 0.15) is 0 Å². The third kappa shape index (κ3) is 15.5. The zero-order valence-corrected chi connectivity index (χ0v) is 25.2. The molecule has 0 aromatic carbocycles. The van der Waals surface area contributed by atoms with Gasteiger partial charge in [-0.15, -0.1) is 0 Å². The largest absolute Gasteiger partial charge is 5.00 e. The van der Waals surface area contributed by atoms with Crippen molar-refractivity contribution in [3.63, 3.8) is 0 Å². The first-order chi connectivity index (χ1) is 19.5. The average Bonchev–Trinajstić information content (AvgIpc) is 3.00. The van der Waals surface area contributed by atoms with Crippen LogP contribution in [-0.2, 0) is 36.7 Å². The fourth-order valence-corrected chi connectivity index (χ4v) is 4.13. The molecule has 44 heavy (non-hydrogen) atoms. The van der Waals surface area contributed by atoms with Crippen LogP contribution in [-0.4, -0.2) is 104 Å². The maximum absolute atomic E-state index is 11.1. The number of pyridine rings is 3. The predicted molar refractivity (Wildman–Crippen MR) is 146 cm³/mol. The monoisotopic (exact) mass is 686 g/mol. The molecule has 0 saturated carbocycles. The number of hydrogen-bond donors (Lipinski definition) is 2. The summed E-state index contributed by atoms with van der Waals surface area (Å²) in [6, 6.07) is 12.7. The third-order valence-corrected chi connectivity index (χ3v) is 6.22. The van der Waals surface area contributed by atoms with Crippen molar-refractivity contribution in [1.29, 1.82) is 0 Å². The number of carbonyl (C=O) groups is 2. The van der Waals surface area contributed by atoms with Gasteiger partial charge >= 0.3 is 36.3 Å². The second-order valence-corrected chi connectivity index (χ2v) is 9.33. The molecule has 1 fully saturated rings. The molecule has 4 heterocycles. The van der Waals surface area contributed by atoms with E-state index < -0.39 is 19.2 Å². The van der Waals surface area contributed by atoms with Gasteiger partial charge in [0, 0.05) is 77.5 Å². The number of hydrogen-bond acceptors (Lipinski definition) is 8. The number of halogens is 5. The SMILES string of the molecule is F[B-](F)(F)F.O.O=C(O)c1ccc(CN2CCN(Cc3ccccn3)CCN(Cc3ccc(C(=O)O)cn3)CC2)nc1.[Cl-].[Fe+5]. The van der Waals surface area contributed by atoms with Crippen molar-refractivity contribution in [1.82, 2.24) is 29.7 Å². The van der Waals surface area contributed by atoms with E-state index in [2.05, 4.69) is 29.7 Å². The van der Waals surface area contributed by atoms with E-state index in [0.717, 1.165) is 62.9 Å². The standard InChI is InChI=1S/C26H30N6O4.BF4.ClH.Fe.H2O/c33-25(34)20-4-6-23(28-15-20)18-31-11-9-30(17-22-3-1-2-8-27-22)10-12-32(14-13-31)19-24-7-5-21(16-29-24)26(35)36;2-1(3,4)5;;;/h1-8,15-16H,9-14,17-19H2,(H,33,34)(H,35,36);;1H;;1H2/q;-1;;+5;/p-1. The Balaban J connectivity index is 0.00000214. The number of carboxylic acid groups (broad SMARTS) is 2. The van der Waals surface area contributed by atoms with E-state index in [4.69, 9.17) is 10.2 Å². The first kappa shape index (κ1) is 40.8. The van der Waals surface area contributed by atoms with Gasteiger partial charge in [-0.05, 0) is 36.4 Å². The molecule has 18 heteroatoms. The van der Waals surface area contributed by atoms with E-state index >= 15 is 0 Å². The molecular formula is C26H32BClF4FeN6O5+3. The fourth-order valence-electron chi connectivity index (χ4n) is 4.13. The molecule has 4 rings (SSSR count). The molecule has 0 spiro atoms. The fraction of sp³-hybridized carbons (Fsp3) is 0.346. The van der Waals surface area contributed by atoms with Gasteiger partial charge < -0.3 is 45.4 Å². The summed E-state index contributed by atoms with van der Waals surface area (Å²) in [5, 5.41) is 18.3. The Morgan fingerprint density at radius 2 is 1.00 bits per heavy atom. The maximum Gasteiger partial charge on any atom is 5.00 e. The van der Waals surface area contributed by atoms with Gasteiger partial charge in [-0.1, -0.05) is 6.07 Å². The molecule has 1 saturated heterocycles. The normalized spacial score (nSPS) is 14.5. The van der Waals surface area contributed by atoms with Gasteiger partial charge in [0.2, 0.25) is 0 Å². The van der Waals surface area contributed by atoms with E-state index in [1.165, 1.54) is 12.4 Å². The van der Waals surface area contributed by atoms with Gasteiger partial charge in [0.25, 0.3) is 0 Å². The summed E-state index contributed by atoms with van der Waals surface area (Å²) in [4.78, 5) is 42.5. The average molecular weight is 687 g/mol. The second-order valence-electron chi connectivity index (χ2n) is 9.33. The molecule has 0 amide bonds. The van der Waals surface area contributed by atoms with E-state index in [-0.39, 0.29) is 46.1 Å². The summed E-state index contributed by atoms with van der Waals surface area (Å²) in [6.45, 7) is 7.03. The van der Waals surface area contributed by atoms with Crippen LogP contribution in [0.2, 0.25) is 0 Å². The van der Waals surface area contributed by atoms with Crippen LogP contribution in [0.15, 0.2) is 61.1 Å². The Morgan fingerprint density at radius 3 is 1.25 bits per heavy atom. The minimum absolute atomic E-state index is 0. The van der Waals surface area contributed by atoms with Crippen LogP contribution < -0.4 is 12.4 Å². The molecule has 0 unspecified atom stereocenters. The Hall–Kier alpha value is -3.18. The van der Waals surface area contributed by atoms with Crippen LogP contribution in [0.5, 0.6) is 0 Å². The van der Waals surface area contributed by atoms with E-state index in [1.54, 1.807) is 24.3 Å². The molecule has 4 N–H and O–H groups in total. The molecular weight excluding hydrogens is 654 g/mol. The zero-order chi connectivity index (χ0) is 29.8. The second kappa shape index (κ2) is 20.0. The number of rotatable bonds is 8. The van der Waals surface area contributed by atoms with E-state index in [1.807, 2.05) is 24.4 Å². The zero-order valence-electron chi connectivity index (χ0n) is 23.4. The van der Waals surface area contributed by atoms with Crippen LogP contribution in [0.4, 0.5) is 17.3 Å². The smallest absolute Gasteiger partial charge is 1.00 e. The molecule has 3 aromatic heterocycles. The third-order valence-electron chi connectivity index (χ3n) is 6.22. The summed E-state index contributed by atoms with van der Waals surface area (Å²) in [5.74, 6) is -1.97. The van der Waals surface area contributed by atoms with Crippen LogP contribution in [0, 0.1) is 0 Å². The minimum Gasteiger partial charge on any atom is -1.00 e. The van der Waals surface area contributed by atoms with Crippen LogP contribution >= 0.6 is 0 Å². The molecule has 0 aliphatic carbocycles. The van der Waals surface area contributed by atoms with Crippen molar-refractivity contribution >= 4 is 19.2 Å². The first-order valence-electron chi connectivity index (χ1n) is 12.8. The van der Waals surface area contributed by atoms with Crippen LogP contribution in [0.3, 0.4) is 0 Å². The Morgan fingerprint density at radius 1 is 0.659 bits per heavy atom.